The van der Waals surface area contributed by atoms with Crippen molar-refractivity contribution in [1.82, 2.24) is 31.4 Å². The molecule has 2 heterocycles. The number of phenolic OH excluding ortho intramolecular Hbond substituents is 1. The first kappa shape index (κ1) is 32.2. The maximum absolute atomic E-state index is 12.5. The maximum Gasteiger partial charge on any atom is 0.268 e. The summed E-state index contributed by atoms with van der Waals surface area (Å²) in [5.74, 6) is -2.63. The van der Waals surface area contributed by atoms with Crippen LogP contribution in [-0.2, 0) is 28.7 Å². The Kier molecular flexibility index (Phi) is 12.0. The van der Waals surface area contributed by atoms with E-state index in [2.05, 4.69) is 26.3 Å². The molecule has 42 heavy (non-hydrogen) atoms. The van der Waals surface area contributed by atoms with E-state index in [0.29, 0.717) is 28.5 Å². The number of hydrogen-bond donors (Lipinski definition) is 7. The van der Waals surface area contributed by atoms with E-state index in [4.69, 9.17) is 4.74 Å². The fourth-order valence-electron chi connectivity index (χ4n) is 4.34. The molecule has 5 amide bonds. The van der Waals surface area contributed by atoms with Gasteiger partial charge in [-0.25, -0.2) is 15.1 Å². The summed E-state index contributed by atoms with van der Waals surface area (Å²) in [5, 5.41) is 40.9. The van der Waals surface area contributed by atoms with Gasteiger partial charge in [0, 0.05) is 26.1 Å². The zero-order valence-corrected chi connectivity index (χ0v) is 23.2. The van der Waals surface area contributed by atoms with Crippen LogP contribution in [0.2, 0.25) is 0 Å². The Balaban J connectivity index is 1.30. The second kappa shape index (κ2) is 15.6. The first-order valence-corrected chi connectivity index (χ1v) is 13.6. The van der Waals surface area contributed by atoms with Crippen molar-refractivity contribution in [1.29, 1.82) is 0 Å². The molecule has 16 nitrogen and oxygen atoms in total. The van der Waals surface area contributed by atoms with Crippen LogP contribution in [0.5, 0.6) is 5.75 Å². The molecule has 1 saturated heterocycles. The Morgan fingerprint density at radius 2 is 1.98 bits per heavy atom. The number of aromatic hydroxyl groups is 1. The minimum Gasteiger partial charge on any atom is -0.507 e. The van der Waals surface area contributed by atoms with E-state index in [1.807, 2.05) is 0 Å². The summed E-state index contributed by atoms with van der Waals surface area (Å²) >= 11 is 0. The van der Waals surface area contributed by atoms with Gasteiger partial charge in [0.25, 0.3) is 5.91 Å². The third-order valence-electron chi connectivity index (χ3n) is 6.72. The van der Waals surface area contributed by atoms with E-state index in [0.717, 1.165) is 0 Å². The molecule has 16 heteroatoms. The summed E-state index contributed by atoms with van der Waals surface area (Å²) in [6, 6.07) is 4.03. The van der Waals surface area contributed by atoms with Gasteiger partial charge in [-0.2, -0.15) is 0 Å². The molecule has 7 N–H and O–H groups in total. The molecule has 3 atom stereocenters. The van der Waals surface area contributed by atoms with Crippen LogP contribution in [0.1, 0.15) is 37.7 Å². The van der Waals surface area contributed by atoms with Gasteiger partial charge < -0.3 is 31.1 Å². The molecule has 0 radical (unpaired) electrons. The molecule has 0 aromatic heterocycles. The normalized spacial score (nSPS) is 18.9. The first-order valence-electron chi connectivity index (χ1n) is 13.6. The van der Waals surface area contributed by atoms with E-state index in [1.165, 1.54) is 6.07 Å². The van der Waals surface area contributed by atoms with Gasteiger partial charge in [-0.3, -0.25) is 34.4 Å². The highest BCUT2D eigenvalue weighted by Gasteiger charge is 2.31. The van der Waals surface area contributed by atoms with Crippen LogP contribution in [0.15, 0.2) is 29.3 Å². The number of piperidine rings is 1. The number of benzene rings is 1. The van der Waals surface area contributed by atoms with Gasteiger partial charge in [-0.15, -0.1) is 0 Å². The number of rotatable bonds is 14. The van der Waals surface area contributed by atoms with Crippen LogP contribution in [-0.4, -0.2) is 119 Å². The number of ether oxygens (including phenoxy) is 1. The largest absolute Gasteiger partial charge is 0.507 e. The third kappa shape index (κ3) is 9.12. The minimum atomic E-state index is -0.883. The number of likely N-dealkylation sites (N-methyl/N-ethyl adjacent to an activating group) is 1. The van der Waals surface area contributed by atoms with E-state index in [-0.39, 0.29) is 63.7 Å². The molecule has 3 rings (SSSR count). The van der Waals surface area contributed by atoms with Gasteiger partial charge in [0.2, 0.25) is 29.5 Å². The first-order chi connectivity index (χ1) is 20.1. The third-order valence-corrected chi connectivity index (χ3v) is 6.72. The molecule has 0 unspecified atom stereocenters. The second-order valence-electron chi connectivity index (χ2n) is 9.76. The lowest BCUT2D eigenvalue weighted by atomic mass is 10.0. The van der Waals surface area contributed by atoms with Gasteiger partial charge >= 0.3 is 0 Å². The standard InChI is InChI=1S/C26H37N7O9/c1-27-17(24(38)30-18-8-5-13-33(41)26(18)39)7-4-12-32(40)22(36)10-11-28-21(35)14-29-23(37)19-15-42-25(31-19)16-6-2-3-9-20(16)34/h2-3,6,9,17-19,27,34,40-41H,4-5,7-8,10-15H2,1H3,(H,28,35)(H,29,37)(H,30,38)/t17-,18-,19+/m0/s1. The maximum atomic E-state index is 12.5. The summed E-state index contributed by atoms with van der Waals surface area (Å²) in [7, 11) is 1.57. The van der Waals surface area contributed by atoms with Gasteiger partial charge in [0.05, 0.1) is 18.2 Å². The van der Waals surface area contributed by atoms with Crippen molar-refractivity contribution in [2.24, 2.45) is 4.99 Å². The zero-order valence-electron chi connectivity index (χ0n) is 23.2. The highest BCUT2D eigenvalue weighted by molar-refractivity contribution is 6.00. The summed E-state index contributed by atoms with van der Waals surface area (Å²) in [4.78, 5) is 65.2. The topological polar surface area (TPSA) is 222 Å². The summed E-state index contributed by atoms with van der Waals surface area (Å²) in [5.41, 5.74) is 0.355. The average Bonchev–Trinajstić information content (AvgIpc) is 3.46. The van der Waals surface area contributed by atoms with E-state index in [1.54, 1.807) is 25.2 Å². The van der Waals surface area contributed by atoms with Gasteiger partial charge in [0.15, 0.2) is 6.04 Å². The van der Waals surface area contributed by atoms with Gasteiger partial charge in [-0.05, 0) is 44.9 Å². The van der Waals surface area contributed by atoms with E-state index in [9.17, 15) is 39.5 Å². The number of para-hydroxylation sites is 1. The summed E-state index contributed by atoms with van der Waals surface area (Å²) in [6.45, 7) is -0.319. The molecule has 0 aliphatic carbocycles. The SMILES string of the molecule is CN[C@@H](CCCN(O)C(=O)CCNC(=O)CNC(=O)[C@H]1COC(c2ccccc2O)=N1)C(=O)N[C@H]1CCCN(O)C1=O. The number of nitrogens with zero attached hydrogens (tertiary/aromatic N) is 3. The highest BCUT2D eigenvalue weighted by atomic mass is 16.5. The van der Waals surface area contributed by atoms with Crippen molar-refractivity contribution >= 4 is 35.4 Å². The lowest BCUT2D eigenvalue weighted by Gasteiger charge is -2.29. The molecule has 1 aromatic rings. The van der Waals surface area contributed by atoms with E-state index >= 15 is 0 Å². The van der Waals surface area contributed by atoms with Crippen LogP contribution < -0.4 is 21.3 Å². The minimum absolute atomic E-state index is 0.0355. The van der Waals surface area contributed by atoms with Crippen molar-refractivity contribution in [2.75, 3.05) is 39.8 Å². The Bertz CT molecular complexity index is 1180. The Labute approximate surface area is 242 Å². The molecule has 2 aliphatic rings. The van der Waals surface area contributed by atoms with Crippen molar-refractivity contribution in [2.45, 2.75) is 50.2 Å². The van der Waals surface area contributed by atoms with Crippen LogP contribution >= 0.6 is 0 Å². The molecular weight excluding hydrogens is 554 g/mol. The number of hydrogen-bond acceptors (Lipinski definition) is 11. The lowest BCUT2D eigenvalue weighted by molar-refractivity contribution is -0.173. The highest BCUT2D eigenvalue weighted by Crippen LogP contribution is 2.21. The van der Waals surface area contributed by atoms with Gasteiger partial charge in [-0.1, -0.05) is 12.1 Å². The predicted octanol–water partition coefficient (Wildman–Crippen LogP) is -1.76. The number of phenols is 1. The quantitative estimate of drug-likeness (QED) is 0.0954. The van der Waals surface area contributed by atoms with Crippen LogP contribution in [0.4, 0.5) is 0 Å². The lowest BCUT2D eigenvalue weighted by Crippen LogP contribution is -2.54. The summed E-state index contributed by atoms with van der Waals surface area (Å²) in [6.07, 6.45) is 1.31. The number of carbonyl (C=O) groups excluding carboxylic acids is 5. The Hall–Kier alpha value is -4.28. The number of carbonyl (C=O) groups is 5. The predicted molar refractivity (Wildman–Crippen MR) is 145 cm³/mol. The average molecular weight is 592 g/mol. The smallest absolute Gasteiger partial charge is 0.268 e. The van der Waals surface area contributed by atoms with Crippen molar-refractivity contribution in [3.8, 4) is 5.75 Å². The van der Waals surface area contributed by atoms with E-state index < -0.39 is 47.7 Å². The van der Waals surface area contributed by atoms with Crippen molar-refractivity contribution < 1.29 is 44.2 Å². The molecule has 2 aliphatic heterocycles. The molecule has 0 spiro atoms. The number of amides is 5. The molecule has 1 fully saturated rings. The Morgan fingerprint density at radius 3 is 2.71 bits per heavy atom. The molecule has 230 valence electrons. The monoisotopic (exact) mass is 591 g/mol. The molecule has 0 saturated carbocycles. The molecule has 0 bridgehead atoms. The van der Waals surface area contributed by atoms with Crippen molar-refractivity contribution in [3.63, 3.8) is 0 Å². The zero-order chi connectivity index (χ0) is 30.6. The number of nitrogens with one attached hydrogen (secondary N) is 4. The second-order valence-corrected chi connectivity index (χ2v) is 9.76. The Morgan fingerprint density at radius 1 is 1.21 bits per heavy atom. The fraction of sp³-hybridized carbons (Fsp3) is 0.538. The molecule has 1 aromatic carbocycles. The van der Waals surface area contributed by atoms with Crippen LogP contribution in [0.3, 0.4) is 0 Å². The number of aliphatic imine (C=N–C) groups is 1. The van der Waals surface area contributed by atoms with Crippen LogP contribution in [0, 0.1) is 0 Å². The van der Waals surface area contributed by atoms with Gasteiger partial charge in [0.1, 0.15) is 18.4 Å². The number of hydroxylamine groups is 4. The van der Waals surface area contributed by atoms with Crippen molar-refractivity contribution in [3.05, 3.63) is 29.8 Å². The fourth-order valence-corrected chi connectivity index (χ4v) is 4.34. The summed E-state index contributed by atoms with van der Waals surface area (Å²) < 4.78 is 5.39. The molecular formula is C26H37N7O9. The van der Waals surface area contributed by atoms with Crippen LogP contribution in [0.25, 0.3) is 0 Å².